The maximum atomic E-state index is 12.3. The van der Waals surface area contributed by atoms with Crippen molar-refractivity contribution >= 4 is 23.6 Å². The van der Waals surface area contributed by atoms with Crippen molar-refractivity contribution in [2.24, 2.45) is 0 Å². The number of carboxylic acid groups (broad SMARTS) is 1. The Labute approximate surface area is 127 Å². The van der Waals surface area contributed by atoms with Gasteiger partial charge in [-0.05, 0) is 17.7 Å². The van der Waals surface area contributed by atoms with E-state index in [1.54, 1.807) is 31.3 Å². The SMILES string of the molecule is CN(Cc1ccc(Cl)cc1)C(=O)N1CC(O)C[C@H]1C(=O)O. The highest BCUT2D eigenvalue weighted by Gasteiger charge is 2.39. The average Bonchev–Trinajstić information content (AvgIpc) is 2.82. The van der Waals surface area contributed by atoms with Crippen LogP contribution in [-0.2, 0) is 11.3 Å². The third-order valence-electron chi connectivity index (χ3n) is 3.47. The number of carboxylic acids is 1. The van der Waals surface area contributed by atoms with Crippen LogP contribution in [0.1, 0.15) is 12.0 Å². The lowest BCUT2D eigenvalue weighted by molar-refractivity contribution is -0.141. The van der Waals surface area contributed by atoms with Crippen LogP contribution in [0.15, 0.2) is 24.3 Å². The van der Waals surface area contributed by atoms with Crippen LogP contribution in [0.2, 0.25) is 5.02 Å². The number of aliphatic hydroxyl groups excluding tert-OH is 1. The molecule has 1 aromatic carbocycles. The van der Waals surface area contributed by atoms with E-state index in [1.165, 1.54) is 9.80 Å². The number of β-amino-alcohol motifs (C(OH)–C–C–N with tert-alkyl or cyclic N) is 1. The van der Waals surface area contributed by atoms with Crippen LogP contribution in [0.5, 0.6) is 0 Å². The number of benzene rings is 1. The van der Waals surface area contributed by atoms with Crippen LogP contribution in [0.3, 0.4) is 0 Å². The molecule has 0 aliphatic carbocycles. The summed E-state index contributed by atoms with van der Waals surface area (Å²) >= 11 is 5.80. The zero-order chi connectivity index (χ0) is 15.6. The van der Waals surface area contributed by atoms with Crippen molar-refractivity contribution in [3.05, 3.63) is 34.9 Å². The van der Waals surface area contributed by atoms with E-state index in [2.05, 4.69) is 0 Å². The fourth-order valence-electron chi connectivity index (χ4n) is 2.41. The van der Waals surface area contributed by atoms with E-state index in [0.717, 1.165) is 5.56 Å². The number of aliphatic carboxylic acids is 1. The molecular weight excluding hydrogens is 296 g/mol. The monoisotopic (exact) mass is 312 g/mol. The van der Waals surface area contributed by atoms with Gasteiger partial charge in [0.25, 0.3) is 0 Å². The number of halogens is 1. The Balaban J connectivity index is 2.04. The molecule has 21 heavy (non-hydrogen) atoms. The molecule has 0 saturated carbocycles. The van der Waals surface area contributed by atoms with Gasteiger partial charge in [-0.3, -0.25) is 0 Å². The predicted octanol–water partition coefficient (Wildman–Crippen LogP) is 1.41. The van der Waals surface area contributed by atoms with Crippen LogP contribution in [0, 0.1) is 0 Å². The van der Waals surface area contributed by atoms with Crippen LogP contribution in [-0.4, -0.2) is 57.8 Å². The van der Waals surface area contributed by atoms with Crippen molar-refractivity contribution in [2.75, 3.05) is 13.6 Å². The van der Waals surface area contributed by atoms with E-state index in [4.69, 9.17) is 16.7 Å². The second kappa shape index (κ2) is 6.32. The Hall–Kier alpha value is -1.79. The molecule has 2 N–H and O–H groups in total. The molecule has 1 aromatic rings. The minimum absolute atomic E-state index is 0.0424. The van der Waals surface area contributed by atoms with Crippen molar-refractivity contribution in [1.82, 2.24) is 9.80 Å². The Kier molecular flexibility index (Phi) is 4.69. The van der Waals surface area contributed by atoms with Crippen molar-refractivity contribution in [1.29, 1.82) is 0 Å². The van der Waals surface area contributed by atoms with Gasteiger partial charge in [0.2, 0.25) is 0 Å². The first-order valence-corrected chi connectivity index (χ1v) is 6.93. The van der Waals surface area contributed by atoms with Crippen molar-refractivity contribution < 1.29 is 19.8 Å². The Morgan fingerprint density at radius 1 is 1.38 bits per heavy atom. The Morgan fingerprint density at radius 3 is 2.57 bits per heavy atom. The van der Waals surface area contributed by atoms with Gasteiger partial charge in [0.1, 0.15) is 6.04 Å². The summed E-state index contributed by atoms with van der Waals surface area (Å²) in [7, 11) is 1.60. The lowest BCUT2D eigenvalue weighted by Crippen LogP contribution is -2.46. The third-order valence-corrected chi connectivity index (χ3v) is 3.72. The van der Waals surface area contributed by atoms with Crippen molar-refractivity contribution in [2.45, 2.75) is 25.1 Å². The lowest BCUT2D eigenvalue weighted by Gasteiger charge is -2.27. The maximum Gasteiger partial charge on any atom is 0.326 e. The normalized spacial score (nSPS) is 21.4. The molecule has 1 aliphatic heterocycles. The average molecular weight is 313 g/mol. The van der Waals surface area contributed by atoms with Gasteiger partial charge in [-0.15, -0.1) is 0 Å². The summed E-state index contributed by atoms with van der Waals surface area (Å²) in [4.78, 5) is 26.1. The number of carbonyl (C=O) groups excluding carboxylic acids is 1. The minimum Gasteiger partial charge on any atom is -0.480 e. The number of hydrogen-bond acceptors (Lipinski definition) is 3. The summed E-state index contributed by atoms with van der Waals surface area (Å²) in [5.41, 5.74) is 0.891. The molecule has 0 radical (unpaired) electrons. The van der Waals surface area contributed by atoms with E-state index in [0.29, 0.717) is 11.6 Å². The van der Waals surface area contributed by atoms with Crippen LogP contribution < -0.4 is 0 Å². The molecule has 0 bridgehead atoms. The highest BCUT2D eigenvalue weighted by molar-refractivity contribution is 6.30. The molecule has 1 aliphatic rings. The van der Waals surface area contributed by atoms with E-state index in [9.17, 15) is 14.7 Å². The number of hydrogen-bond donors (Lipinski definition) is 2. The lowest BCUT2D eigenvalue weighted by atomic mass is 10.2. The fraction of sp³-hybridized carbons (Fsp3) is 0.429. The molecule has 2 amide bonds. The summed E-state index contributed by atoms with van der Waals surface area (Å²) in [6.45, 7) is 0.385. The molecule has 2 atom stereocenters. The predicted molar refractivity (Wildman–Crippen MR) is 77.1 cm³/mol. The summed E-state index contributed by atoms with van der Waals surface area (Å²) < 4.78 is 0. The highest BCUT2D eigenvalue weighted by atomic mass is 35.5. The van der Waals surface area contributed by atoms with Gasteiger partial charge < -0.3 is 20.0 Å². The first-order valence-electron chi connectivity index (χ1n) is 6.55. The number of urea groups is 1. The second-order valence-electron chi connectivity index (χ2n) is 5.16. The molecule has 114 valence electrons. The van der Waals surface area contributed by atoms with E-state index in [-0.39, 0.29) is 13.0 Å². The number of nitrogens with zero attached hydrogens (tertiary/aromatic N) is 2. The number of amides is 2. The molecule has 1 unspecified atom stereocenters. The van der Waals surface area contributed by atoms with Crippen molar-refractivity contribution in [3.63, 3.8) is 0 Å². The fourth-order valence-corrected chi connectivity index (χ4v) is 2.54. The maximum absolute atomic E-state index is 12.3. The summed E-state index contributed by atoms with van der Waals surface area (Å²) in [6, 6.07) is 5.69. The summed E-state index contributed by atoms with van der Waals surface area (Å²) in [5.74, 6) is -1.10. The zero-order valence-electron chi connectivity index (χ0n) is 11.6. The number of carbonyl (C=O) groups is 2. The first-order chi connectivity index (χ1) is 9.88. The van der Waals surface area contributed by atoms with Gasteiger partial charge in [0.05, 0.1) is 6.10 Å². The number of aliphatic hydroxyl groups is 1. The van der Waals surface area contributed by atoms with Crippen LogP contribution >= 0.6 is 11.6 Å². The Bertz CT molecular complexity index is 534. The standard InChI is InChI=1S/C14H17ClN2O4/c1-16(7-9-2-4-10(15)5-3-9)14(21)17-8-11(18)6-12(17)13(19)20/h2-5,11-12,18H,6-8H2,1H3,(H,19,20)/t11?,12-/m0/s1. The zero-order valence-corrected chi connectivity index (χ0v) is 12.3. The quantitative estimate of drug-likeness (QED) is 0.884. The molecular formula is C14H17ClN2O4. The van der Waals surface area contributed by atoms with Gasteiger partial charge >= 0.3 is 12.0 Å². The second-order valence-corrected chi connectivity index (χ2v) is 5.60. The smallest absolute Gasteiger partial charge is 0.326 e. The molecule has 0 aromatic heterocycles. The molecule has 7 heteroatoms. The third kappa shape index (κ3) is 3.65. The number of rotatable bonds is 3. The molecule has 1 heterocycles. The van der Waals surface area contributed by atoms with Gasteiger partial charge in [-0.1, -0.05) is 23.7 Å². The number of likely N-dealkylation sites (tertiary alicyclic amines) is 1. The Morgan fingerprint density at radius 2 is 2.00 bits per heavy atom. The molecule has 2 rings (SSSR count). The summed E-state index contributed by atoms with van der Waals surface area (Å²) in [6.07, 6.45) is -0.727. The van der Waals surface area contributed by atoms with Gasteiger partial charge in [0, 0.05) is 31.6 Å². The van der Waals surface area contributed by atoms with Crippen LogP contribution in [0.4, 0.5) is 4.79 Å². The largest absolute Gasteiger partial charge is 0.480 e. The van der Waals surface area contributed by atoms with E-state index in [1.807, 2.05) is 0 Å². The molecule has 6 nitrogen and oxygen atoms in total. The minimum atomic E-state index is -1.10. The summed E-state index contributed by atoms with van der Waals surface area (Å²) in [5, 5.41) is 19.3. The van der Waals surface area contributed by atoms with Gasteiger partial charge in [0.15, 0.2) is 0 Å². The van der Waals surface area contributed by atoms with Gasteiger partial charge in [-0.25, -0.2) is 9.59 Å². The van der Waals surface area contributed by atoms with Crippen molar-refractivity contribution in [3.8, 4) is 0 Å². The van der Waals surface area contributed by atoms with Gasteiger partial charge in [-0.2, -0.15) is 0 Å². The van der Waals surface area contributed by atoms with E-state index >= 15 is 0 Å². The molecule has 1 saturated heterocycles. The van der Waals surface area contributed by atoms with E-state index < -0.39 is 24.1 Å². The highest BCUT2D eigenvalue weighted by Crippen LogP contribution is 2.20. The molecule has 0 spiro atoms. The molecule has 1 fully saturated rings. The first kappa shape index (κ1) is 15.6. The topological polar surface area (TPSA) is 81.1 Å². The van der Waals surface area contributed by atoms with Crippen LogP contribution in [0.25, 0.3) is 0 Å².